The molecule has 1 aromatic rings. The third kappa shape index (κ3) is 6.91. The van der Waals surface area contributed by atoms with E-state index in [1.165, 1.54) is 3.57 Å². The molecule has 0 N–H and O–H groups in total. The van der Waals surface area contributed by atoms with Crippen LogP contribution in [0.1, 0.15) is 20.8 Å². The lowest BCUT2D eigenvalue weighted by molar-refractivity contribution is -0.124. The number of carbonyl (C=O) groups excluding carboxylic acids is 1. The normalized spacial score (nSPS) is 14.0. The van der Waals surface area contributed by atoms with Gasteiger partial charge in [-0.1, -0.05) is 6.08 Å². The van der Waals surface area contributed by atoms with Crippen LogP contribution < -0.4 is 4.74 Å². The summed E-state index contributed by atoms with van der Waals surface area (Å²) in [6.45, 7) is 7.59. The average Bonchev–Trinajstić information content (AvgIpc) is 2.54. The Morgan fingerprint density at radius 1 is 1.26 bits per heavy atom. The van der Waals surface area contributed by atoms with Crippen LogP contribution >= 0.6 is 22.6 Å². The highest BCUT2D eigenvalue weighted by Crippen LogP contribution is 2.17. The molecule has 4 nitrogen and oxygen atoms in total. The summed E-state index contributed by atoms with van der Waals surface area (Å²) in [6.07, 6.45) is 3.60. The molecular weight excluding hydrogens is 403 g/mol. The van der Waals surface area contributed by atoms with E-state index < -0.39 is 0 Å². The number of carbonyl (C=O) groups is 1. The second-order valence-electron chi connectivity index (χ2n) is 5.71. The van der Waals surface area contributed by atoms with Gasteiger partial charge in [0.25, 0.3) is 0 Å². The van der Waals surface area contributed by atoms with Crippen molar-refractivity contribution in [2.45, 2.75) is 32.9 Å². The van der Waals surface area contributed by atoms with Crippen LogP contribution in [0.4, 0.5) is 0 Å². The van der Waals surface area contributed by atoms with Crippen molar-refractivity contribution in [3.63, 3.8) is 0 Å². The van der Waals surface area contributed by atoms with Crippen LogP contribution in [0.3, 0.4) is 0 Å². The van der Waals surface area contributed by atoms with E-state index >= 15 is 0 Å². The Morgan fingerprint density at radius 3 is 2.43 bits per heavy atom. The minimum absolute atomic E-state index is 0.0386. The number of halogens is 1. The zero-order chi connectivity index (χ0) is 17.4. The summed E-state index contributed by atoms with van der Waals surface area (Å²) in [5.41, 5.74) is 0. The Morgan fingerprint density at radius 2 is 1.87 bits per heavy atom. The average molecular weight is 430 g/mol. The van der Waals surface area contributed by atoms with Gasteiger partial charge in [-0.3, -0.25) is 9.69 Å². The maximum atomic E-state index is 11.7. The molecule has 0 aromatic heterocycles. The summed E-state index contributed by atoms with van der Waals surface area (Å²) < 4.78 is 7.19. The molecule has 0 saturated carbocycles. The number of hydrogen-bond donors (Lipinski definition) is 0. The number of likely N-dealkylation sites (N-methyl/N-ethyl adjacent to an activating group) is 2. The summed E-state index contributed by atoms with van der Waals surface area (Å²) in [4.78, 5) is 15.6. The molecule has 1 rings (SSSR count). The van der Waals surface area contributed by atoms with E-state index in [0.29, 0.717) is 6.54 Å². The molecule has 0 spiro atoms. The number of benzene rings is 1. The lowest BCUT2D eigenvalue weighted by Crippen LogP contribution is -2.40. The van der Waals surface area contributed by atoms with Crippen LogP contribution in [-0.2, 0) is 4.79 Å². The first-order valence-electron chi connectivity index (χ1n) is 7.89. The zero-order valence-corrected chi connectivity index (χ0v) is 16.8. The lowest BCUT2D eigenvalue weighted by Gasteiger charge is -2.29. The van der Waals surface area contributed by atoms with Gasteiger partial charge in [0.15, 0.2) is 0 Å². The molecule has 1 aromatic carbocycles. The fourth-order valence-electron chi connectivity index (χ4n) is 1.95. The molecule has 0 aliphatic carbocycles. The van der Waals surface area contributed by atoms with Crippen LogP contribution in [0.5, 0.6) is 5.75 Å². The van der Waals surface area contributed by atoms with Crippen molar-refractivity contribution >= 4 is 28.5 Å². The molecule has 0 saturated heterocycles. The predicted molar refractivity (Wildman–Crippen MR) is 104 cm³/mol. The molecule has 0 aliphatic heterocycles. The van der Waals surface area contributed by atoms with Gasteiger partial charge < -0.3 is 9.64 Å². The van der Waals surface area contributed by atoms with Gasteiger partial charge in [-0.15, -0.1) is 0 Å². The van der Waals surface area contributed by atoms with E-state index in [-0.39, 0.29) is 18.1 Å². The Labute approximate surface area is 153 Å². The first-order chi connectivity index (χ1) is 10.8. The second-order valence-corrected chi connectivity index (χ2v) is 6.96. The SMILES string of the molecule is CCN(C)C(=O)/C=C/CN(C)C(C)C(C)Oc1ccc(I)cc1. The molecule has 5 heteroatoms. The number of rotatable bonds is 8. The van der Waals surface area contributed by atoms with Crippen LogP contribution in [-0.4, -0.2) is 55.0 Å². The van der Waals surface area contributed by atoms with Crippen LogP contribution in [0, 0.1) is 3.57 Å². The quantitative estimate of drug-likeness (QED) is 0.468. The maximum Gasteiger partial charge on any atom is 0.246 e. The van der Waals surface area contributed by atoms with E-state index in [9.17, 15) is 4.79 Å². The molecule has 0 bridgehead atoms. The van der Waals surface area contributed by atoms with E-state index in [1.807, 2.05) is 44.3 Å². The van der Waals surface area contributed by atoms with Crippen molar-refractivity contribution in [1.82, 2.24) is 9.80 Å². The molecule has 128 valence electrons. The fourth-order valence-corrected chi connectivity index (χ4v) is 2.31. The van der Waals surface area contributed by atoms with Gasteiger partial charge in [0.05, 0.1) is 0 Å². The Hall–Kier alpha value is -1.08. The number of ether oxygens (including phenoxy) is 1. The maximum absolute atomic E-state index is 11.7. The molecule has 0 heterocycles. The smallest absolute Gasteiger partial charge is 0.246 e. The molecule has 2 atom stereocenters. The number of hydrogen-bond acceptors (Lipinski definition) is 3. The molecule has 2 unspecified atom stereocenters. The third-order valence-corrected chi connectivity index (χ3v) is 4.73. The van der Waals surface area contributed by atoms with E-state index in [0.717, 1.165) is 12.3 Å². The van der Waals surface area contributed by atoms with Gasteiger partial charge in [0, 0.05) is 35.8 Å². The first-order valence-corrected chi connectivity index (χ1v) is 8.97. The van der Waals surface area contributed by atoms with Gasteiger partial charge in [-0.05, 0) is 74.7 Å². The van der Waals surface area contributed by atoms with Crippen molar-refractivity contribution in [1.29, 1.82) is 0 Å². The summed E-state index contributed by atoms with van der Waals surface area (Å²) in [5, 5.41) is 0. The highest BCUT2D eigenvalue weighted by molar-refractivity contribution is 14.1. The molecule has 0 aliphatic rings. The molecule has 1 amide bonds. The van der Waals surface area contributed by atoms with Crippen LogP contribution in [0.2, 0.25) is 0 Å². The summed E-state index contributed by atoms with van der Waals surface area (Å²) in [7, 11) is 3.84. The van der Waals surface area contributed by atoms with Crippen molar-refractivity contribution in [2.24, 2.45) is 0 Å². The molecule has 0 fully saturated rings. The highest BCUT2D eigenvalue weighted by Gasteiger charge is 2.17. The van der Waals surface area contributed by atoms with Gasteiger partial charge >= 0.3 is 0 Å². The number of nitrogens with zero attached hydrogens (tertiary/aromatic N) is 2. The Balaban J connectivity index is 2.48. The van der Waals surface area contributed by atoms with Gasteiger partial charge in [0.2, 0.25) is 5.91 Å². The zero-order valence-electron chi connectivity index (χ0n) is 14.6. The third-order valence-electron chi connectivity index (χ3n) is 4.01. The second kappa shape index (κ2) is 9.93. The van der Waals surface area contributed by atoms with Crippen molar-refractivity contribution in [2.75, 3.05) is 27.2 Å². The summed E-state index contributed by atoms with van der Waals surface area (Å²) in [5.74, 6) is 0.921. The molecular formula is C18H27IN2O2. The largest absolute Gasteiger partial charge is 0.489 e. The van der Waals surface area contributed by atoms with Crippen molar-refractivity contribution in [3.8, 4) is 5.75 Å². The highest BCUT2D eigenvalue weighted by atomic mass is 127. The van der Waals surface area contributed by atoms with Gasteiger partial charge in [0.1, 0.15) is 11.9 Å². The summed E-state index contributed by atoms with van der Waals surface area (Å²) >= 11 is 2.28. The Bertz CT molecular complexity index is 516. The predicted octanol–water partition coefficient (Wildman–Crippen LogP) is 3.41. The van der Waals surface area contributed by atoms with E-state index in [1.54, 1.807) is 18.0 Å². The van der Waals surface area contributed by atoms with E-state index in [4.69, 9.17) is 4.74 Å². The monoisotopic (exact) mass is 430 g/mol. The van der Waals surface area contributed by atoms with E-state index in [2.05, 4.69) is 41.3 Å². The van der Waals surface area contributed by atoms with Gasteiger partial charge in [-0.2, -0.15) is 0 Å². The van der Waals surface area contributed by atoms with Crippen LogP contribution in [0.15, 0.2) is 36.4 Å². The molecule has 23 heavy (non-hydrogen) atoms. The van der Waals surface area contributed by atoms with Gasteiger partial charge in [-0.25, -0.2) is 0 Å². The Kier molecular flexibility index (Phi) is 8.62. The fraction of sp³-hybridized carbons (Fsp3) is 0.500. The van der Waals surface area contributed by atoms with Crippen molar-refractivity contribution in [3.05, 3.63) is 40.0 Å². The summed E-state index contributed by atoms with van der Waals surface area (Å²) in [6, 6.07) is 8.29. The van der Waals surface area contributed by atoms with Crippen molar-refractivity contribution < 1.29 is 9.53 Å². The minimum atomic E-state index is 0.0386. The van der Waals surface area contributed by atoms with Crippen LogP contribution in [0.25, 0.3) is 0 Å². The number of amides is 1. The first kappa shape index (κ1) is 20.0. The topological polar surface area (TPSA) is 32.8 Å². The lowest BCUT2D eigenvalue weighted by atomic mass is 10.2. The molecule has 0 radical (unpaired) electrons. The standard InChI is InChI=1S/C18H27IN2O2/c1-6-20(4)18(22)8-7-13-21(5)14(2)15(3)23-17-11-9-16(19)10-12-17/h7-12,14-15H,6,13H2,1-5H3/b8-7+. The minimum Gasteiger partial charge on any atom is -0.489 e.